The van der Waals surface area contributed by atoms with E-state index >= 15 is 0 Å². The van der Waals surface area contributed by atoms with Gasteiger partial charge < -0.3 is 10.0 Å². The van der Waals surface area contributed by atoms with E-state index < -0.39 is 11.5 Å². The molecule has 0 unspecified atom stereocenters. The van der Waals surface area contributed by atoms with E-state index in [9.17, 15) is 9.90 Å². The molecule has 18 heavy (non-hydrogen) atoms. The highest BCUT2D eigenvalue weighted by atomic mass is 16.4. The summed E-state index contributed by atoms with van der Waals surface area (Å²) in [7, 11) is 0. The zero-order valence-electron chi connectivity index (χ0n) is 10.4. The predicted molar refractivity (Wildman–Crippen MR) is 63.3 cm³/mol. The molecule has 0 amide bonds. The van der Waals surface area contributed by atoms with Crippen LogP contribution in [-0.2, 0) is 4.79 Å². The maximum Gasteiger partial charge on any atom is 0.329 e. The molecule has 0 aliphatic rings. The van der Waals surface area contributed by atoms with Crippen LogP contribution in [0.4, 0.5) is 5.82 Å². The van der Waals surface area contributed by atoms with Gasteiger partial charge in [-0.2, -0.15) is 0 Å². The minimum atomic E-state index is -1.05. The summed E-state index contributed by atoms with van der Waals surface area (Å²) in [4.78, 5) is 13.0. The van der Waals surface area contributed by atoms with Gasteiger partial charge in [0, 0.05) is 6.54 Å². The van der Waals surface area contributed by atoms with Gasteiger partial charge in [0.25, 0.3) is 0 Å². The molecule has 0 atom stereocenters. The van der Waals surface area contributed by atoms with Crippen molar-refractivity contribution in [1.29, 1.82) is 0 Å². The molecule has 8 heteroatoms. The van der Waals surface area contributed by atoms with E-state index in [1.54, 1.807) is 30.9 Å². The van der Waals surface area contributed by atoms with Gasteiger partial charge in [-0.05, 0) is 43.3 Å². The Morgan fingerprint density at radius 2 is 2.22 bits per heavy atom. The summed E-state index contributed by atoms with van der Waals surface area (Å²) >= 11 is 0. The zero-order chi connectivity index (χ0) is 13.3. The number of hydrogen-bond acceptors (Lipinski definition) is 6. The first-order valence-corrected chi connectivity index (χ1v) is 5.53. The van der Waals surface area contributed by atoms with Crippen molar-refractivity contribution in [3.63, 3.8) is 0 Å². The first-order chi connectivity index (χ1) is 8.46. The minimum absolute atomic E-state index is 0.514. The second-order valence-electron chi connectivity index (χ2n) is 4.33. The van der Waals surface area contributed by atoms with E-state index in [-0.39, 0.29) is 0 Å². The molecule has 0 aliphatic heterocycles. The Labute approximate surface area is 103 Å². The van der Waals surface area contributed by atoms with Crippen LogP contribution in [0.25, 0.3) is 5.65 Å². The summed E-state index contributed by atoms with van der Waals surface area (Å²) < 4.78 is 1.27. The molecule has 0 bridgehead atoms. The van der Waals surface area contributed by atoms with Gasteiger partial charge in [-0.1, -0.05) is 0 Å². The van der Waals surface area contributed by atoms with Gasteiger partial charge in [0.15, 0.2) is 11.5 Å². The number of fused-ring (bicyclic) bond motifs is 1. The van der Waals surface area contributed by atoms with Crippen molar-refractivity contribution in [3.05, 3.63) is 12.1 Å². The number of carboxylic acid groups (broad SMARTS) is 1. The standard InChI is InChI=1S/C10H14N6O2/c1-4-15(10(2,3)9(17)18)8-6-5-7-11-13-14-16(7)12-8/h5-6H,4H2,1-3H3,(H,17,18). The summed E-state index contributed by atoms with van der Waals surface area (Å²) in [5.41, 5.74) is -0.536. The summed E-state index contributed by atoms with van der Waals surface area (Å²) in [5.74, 6) is -0.396. The van der Waals surface area contributed by atoms with E-state index in [0.29, 0.717) is 18.0 Å². The molecule has 0 spiro atoms. The van der Waals surface area contributed by atoms with Crippen LogP contribution in [0.1, 0.15) is 20.8 Å². The molecule has 0 aliphatic carbocycles. The smallest absolute Gasteiger partial charge is 0.329 e. The first kappa shape index (κ1) is 12.2. The number of aliphatic carboxylic acids is 1. The molecule has 2 aromatic rings. The van der Waals surface area contributed by atoms with Crippen LogP contribution in [-0.4, -0.2) is 48.4 Å². The Morgan fingerprint density at radius 1 is 1.50 bits per heavy atom. The molecule has 0 saturated heterocycles. The van der Waals surface area contributed by atoms with Gasteiger partial charge in [0.2, 0.25) is 0 Å². The Hall–Kier alpha value is -2.25. The highest BCUT2D eigenvalue weighted by Gasteiger charge is 2.34. The van der Waals surface area contributed by atoms with Crippen LogP contribution in [0.2, 0.25) is 0 Å². The number of anilines is 1. The predicted octanol–water partition coefficient (Wildman–Crippen LogP) is 0.209. The molecule has 8 nitrogen and oxygen atoms in total. The van der Waals surface area contributed by atoms with Gasteiger partial charge in [0.05, 0.1) is 0 Å². The molecule has 0 saturated carbocycles. The van der Waals surface area contributed by atoms with Crippen molar-refractivity contribution in [2.45, 2.75) is 26.3 Å². The van der Waals surface area contributed by atoms with Gasteiger partial charge in [-0.15, -0.1) is 14.8 Å². The summed E-state index contributed by atoms with van der Waals surface area (Å²) in [6.45, 7) is 5.64. The lowest BCUT2D eigenvalue weighted by molar-refractivity contribution is -0.142. The number of rotatable bonds is 4. The molecule has 2 heterocycles. The van der Waals surface area contributed by atoms with Crippen molar-refractivity contribution in [2.75, 3.05) is 11.4 Å². The van der Waals surface area contributed by atoms with Crippen LogP contribution in [0, 0.1) is 0 Å². The largest absolute Gasteiger partial charge is 0.480 e. The van der Waals surface area contributed by atoms with Crippen LogP contribution < -0.4 is 4.90 Å². The molecular formula is C10H14N6O2. The first-order valence-electron chi connectivity index (χ1n) is 5.53. The third-order valence-corrected chi connectivity index (χ3v) is 2.85. The molecule has 0 radical (unpaired) electrons. The minimum Gasteiger partial charge on any atom is -0.480 e. The van der Waals surface area contributed by atoms with Crippen LogP contribution in [0.3, 0.4) is 0 Å². The SMILES string of the molecule is CCN(c1ccc2nnnn2n1)C(C)(C)C(=O)O. The zero-order valence-corrected chi connectivity index (χ0v) is 10.4. The van der Waals surface area contributed by atoms with E-state index in [1.165, 1.54) is 4.63 Å². The normalized spacial score (nSPS) is 11.7. The number of hydrogen-bond donors (Lipinski definition) is 1. The van der Waals surface area contributed by atoms with E-state index in [1.807, 2.05) is 6.92 Å². The van der Waals surface area contributed by atoms with Gasteiger partial charge in [-0.3, -0.25) is 0 Å². The fraction of sp³-hybridized carbons (Fsp3) is 0.500. The van der Waals surface area contributed by atoms with Gasteiger partial charge >= 0.3 is 5.97 Å². The summed E-state index contributed by atoms with van der Waals surface area (Å²) in [6, 6.07) is 3.41. The molecule has 2 aromatic heterocycles. The lowest BCUT2D eigenvalue weighted by Gasteiger charge is -2.34. The van der Waals surface area contributed by atoms with E-state index in [0.717, 1.165) is 0 Å². The highest BCUT2D eigenvalue weighted by Crippen LogP contribution is 2.21. The van der Waals surface area contributed by atoms with Gasteiger partial charge in [-0.25, -0.2) is 4.79 Å². The Bertz CT molecular complexity index is 579. The summed E-state index contributed by atoms with van der Waals surface area (Å²) in [6.07, 6.45) is 0. The molecule has 0 fully saturated rings. The number of tetrazole rings is 1. The van der Waals surface area contributed by atoms with E-state index in [4.69, 9.17) is 0 Å². The van der Waals surface area contributed by atoms with Crippen molar-refractivity contribution >= 4 is 17.4 Å². The molecule has 1 N–H and O–H groups in total. The molecule has 0 aromatic carbocycles. The Balaban J connectivity index is 2.46. The second-order valence-corrected chi connectivity index (χ2v) is 4.33. The quantitative estimate of drug-likeness (QED) is 0.828. The van der Waals surface area contributed by atoms with Crippen molar-refractivity contribution in [1.82, 2.24) is 25.3 Å². The number of carbonyl (C=O) groups is 1. The average Bonchev–Trinajstić information content (AvgIpc) is 2.76. The van der Waals surface area contributed by atoms with Gasteiger partial charge in [0.1, 0.15) is 5.54 Å². The number of carboxylic acids is 1. The van der Waals surface area contributed by atoms with Crippen LogP contribution in [0.15, 0.2) is 12.1 Å². The van der Waals surface area contributed by atoms with Crippen LogP contribution >= 0.6 is 0 Å². The van der Waals surface area contributed by atoms with Crippen molar-refractivity contribution in [2.24, 2.45) is 0 Å². The molecule has 2 rings (SSSR count). The number of aromatic nitrogens is 5. The third kappa shape index (κ3) is 1.85. The Morgan fingerprint density at radius 3 is 2.83 bits per heavy atom. The van der Waals surface area contributed by atoms with Crippen molar-refractivity contribution < 1.29 is 9.90 Å². The maximum absolute atomic E-state index is 11.3. The molecule has 96 valence electrons. The fourth-order valence-electron chi connectivity index (χ4n) is 1.74. The fourth-order valence-corrected chi connectivity index (χ4v) is 1.74. The second kappa shape index (κ2) is 4.21. The third-order valence-electron chi connectivity index (χ3n) is 2.85. The molecular weight excluding hydrogens is 236 g/mol. The average molecular weight is 250 g/mol. The summed E-state index contributed by atoms with van der Waals surface area (Å²) in [5, 5.41) is 24.4. The lowest BCUT2D eigenvalue weighted by atomic mass is 10.0. The highest BCUT2D eigenvalue weighted by molar-refractivity contribution is 5.82. The van der Waals surface area contributed by atoms with Crippen LogP contribution in [0.5, 0.6) is 0 Å². The number of likely N-dealkylation sites (N-methyl/N-ethyl adjacent to an activating group) is 1. The Kier molecular flexibility index (Phi) is 2.85. The topological polar surface area (TPSA) is 96.5 Å². The van der Waals surface area contributed by atoms with Crippen molar-refractivity contribution in [3.8, 4) is 0 Å². The lowest BCUT2D eigenvalue weighted by Crippen LogP contribution is -2.50. The monoisotopic (exact) mass is 250 g/mol. The van der Waals surface area contributed by atoms with E-state index in [2.05, 4.69) is 20.6 Å². The number of nitrogens with zero attached hydrogens (tertiary/aromatic N) is 6. The maximum atomic E-state index is 11.3.